The quantitative estimate of drug-likeness (QED) is 0.176. The maximum absolute atomic E-state index is 2.45. The van der Waals surface area contributed by atoms with Crippen molar-refractivity contribution in [2.75, 3.05) is 9.80 Å². The van der Waals surface area contributed by atoms with Crippen molar-refractivity contribution < 1.29 is 0 Å². The van der Waals surface area contributed by atoms with E-state index in [1.54, 1.807) is 0 Å². The van der Waals surface area contributed by atoms with Gasteiger partial charge in [-0.1, -0.05) is 158 Å². The number of benzene rings is 9. The summed E-state index contributed by atoms with van der Waals surface area (Å²) in [5.41, 5.74) is 16.8. The van der Waals surface area contributed by atoms with Crippen LogP contribution < -0.4 is 9.80 Å². The molecule has 11 rings (SSSR count). The number of para-hydroxylation sites is 5. The van der Waals surface area contributed by atoms with Gasteiger partial charge in [0.05, 0.1) is 22.5 Å². The van der Waals surface area contributed by atoms with Crippen molar-refractivity contribution in [3.63, 3.8) is 0 Å². The SMILES string of the molecule is c1ccc(N2c3ccccc3C3(c4ccccc4-c4cc(-c5ccc(N(c6ccccc6)c6ccccc6)c6ccccc56)ccc43)c3ccccc32)cc1. The van der Waals surface area contributed by atoms with Gasteiger partial charge in [-0.05, 0) is 111 Å². The zero-order chi connectivity index (χ0) is 36.3. The van der Waals surface area contributed by atoms with E-state index in [9.17, 15) is 0 Å². The molecule has 0 radical (unpaired) electrons. The summed E-state index contributed by atoms with van der Waals surface area (Å²) in [5.74, 6) is 0. The van der Waals surface area contributed by atoms with Crippen LogP contribution in [0.15, 0.2) is 218 Å². The molecule has 258 valence electrons. The number of anilines is 6. The molecule has 0 aromatic heterocycles. The molecule has 0 unspecified atom stereocenters. The van der Waals surface area contributed by atoms with Crippen LogP contribution in [-0.2, 0) is 5.41 Å². The molecule has 0 fully saturated rings. The Morgan fingerprint density at radius 3 is 1.51 bits per heavy atom. The standard InChI is InChI=1S/C53H36N2/c1-4-18-38(19-5-1)54(39-20-6-2-7-21-39)50-35-33-41(42-24-10-11-26-44(42)50)37-32-34-47-45(36-37)43-25-12-13-27-46(43)53(47)48-28-14-16-30-51(48)55(40-22-8-3-9-23-40)52-31-17-15-29-49(52)53/h1-36H. The highest BCUT2D eigenvalue weighted by Gasteiger charge is 2.51. The molecule has 0 atom stereocenters. The first-order valence-electron chi connectivity index (χ1n) is 19.0. The molecule has 2 nitrogen and oxygen atoms in total. The molecule has 1 aliphatic carbocycles. The van der Waals surface area contributed by atoms with Crippen molar-refractivity contribution >= 4 is 44.9 Å². The second-order valence-corrected chi connectivity index (χ2v) is 14.4. The first kappa shape index (κ1) is 31.4. The highest BCUT2D eigenvalue weighted by Crippen LogP contribution is 2.63. The minimum absolute atomic E-state index is 0.472. The Labute approximate surface area is 321 Å². The Morgan fingerprint density at radius 2 is 0.855 bits per heavy atom. The molecule has 1 spiro atoms. The molecule has 0 amide bonds. The molecule has 1 heterocycles. The van der Waals surface area contributed by atoms with E-state index in [1.165, 1.54) is 66.7 Å². The Kier molecular flexibility index (Phi) is 7.11. The summed E-state index contributed by atoms with van der Waals surface area (Å²) in [7, 11) is 0. The fourth-order valence-corrected chi connectivity index (χ4v) is 9.44. The van der Waals surface area contributed by atoms with E-state index in [4.69, 9.17) is 0 Å². The van der Waals surface area contributed by atoms with Gasteiger partial charge in [0.2, 0.25) is 0 Å². The summed E-state index contributed by atoms with van der Waals surface area (Å²) in [6.45, 7) is 0. The van der Waals surface area contributed by atoms with Gasteiger partial charge in [-0.25, -0.2) is 0 Å². The van der Waals surface area contributed by atoms with Crippen molar-refractivity contribution in [3.8, 4) is 22.3 Å². The number of hydrogen-bond donors (Lipinski definition) is 0. The lowest BCUT2D eigenvalue weighted by Crippen LogP contribution is -2.36. The van der Waals surface area contributed by atoms with E-state index in [-0.39, 0.29) is 0 Å². The summed E-state index contributed by atoms with van der Waals surface area (Å²) >= 11 is 0. The van der Waals surface area contributed by atoms with Crippen LogP contribution in [0.4, 0.5) is 34.1 Å². The third-order valence-corrected chi connectivity index (χ3v) is 11.6. The number of rotatable bonds is 5. The van der Waals surface area contributed by atoms with Gasteiger partial charge in [-0.15, -0.1) is 0 Å². The smallest absolute Gasteiger partial charge is 0.0754 e. The lowest BCUT2D eigenvalue weighted by molar-refractivity contribution is 0.753. The average Bonchev–Trinajstić information content (AvgIpc) is 3.55. The van der Waals surface area contributed by atoms with Gasteiger partial charge < -0.3 is 9.80 Å². The predicted octanol–water partition coefficient (Wildman–Crippen LogP) is 14.1. The first-order valence-corrected chi connectivity index (χ1v) is 19.0. The van der Waals surface area contributed by atoms with Gasteiger partial charge in [-0.2, -0.15) is 0 Å². The number of hydrogen-bond acceptors (Lipinski definition) is 2. The molecular weight excluding hydrogens is 665 g/mol. The minimum atomic E-state index is -0.472. The normalized spacial score (nSPS) is 13.2. The Balaban J connectivity index is 1.13. The van der Waals surface area contributed by atoms with Crippen molar-refractivity contribution in [2.24, 2.45) is 0 Å². The fourth-order valence-electron chi connectivity index (χ4n) is 9.44. The van der Waals surface area contributed by atoms with Crippen LogP contribution in [0.5, 0.6) is 0 Å². The summed E-state index contributed by atoms with van der Waals surface area (Å²) < 4.78 is 0. The first-order chi connectivity index (χ1) is 27.3. The van der Waals surface area contributed by atoms with Crippen LogP contribution in [0.3, 0.4) is 0 Å². The van der Waals surface area contributed by atoms with Gasteiger partial charge in [0.25, 0.3) is 0 Å². The van der Waals surface area contributed by atoms with E-state index in [0.717, 1.165) is 22.7 Å². The molecule has 0 N–H and O–H groups in total. The Hall–Kier alpha value is -7.16. The van der Waals surface area contributed by atoms with E-state index in [1.807, 2.05) is 0 Å². The molecule has 0 saturated carbocycles. The van der Waals surface area contributed by atoms with Crippen LogP contribution >= 0.6 is 0 Å². The van der Waals surface area contributed by atoms with Crippen molar-refractivity contribution in [1.29, 1.82) is 0 Å². The zero-order valence-electron chi connectivity index (χ0n) is 30.2. The monoisotopic (exact) mass is 700 g/mol. The van der Waals surface area contributed by atoms with Crippen LogP contribution in [0, 0.1) is 0 Å². The van der Waals surface area contributed by atoms with Gasteiger partial charge in [0.1, 0.15) is 0 Å². The zero-order valence-corrected chi connectivity index (χ0v) is 30.2. The molecule has 0 saturated heterocycles. The molecule has 9 aromatic rings. The van der Waals surface area contributed by atoms with Crippen molar-refractivity contribution in [2.45, 2.75) is 5.41 Å². The number of fused-ring (bicyclic) bond motifs is 10. The molecule has 2 heteroatoms. The molecule has 1 aliphatic heterocycles. The molecule has 9 aromatic carbocycles. The molecule has 0 bridgehead atoms. The molecule has 55 heavy (non-hydrogen) atoms. The molecule has 2 aliphatic rings. The lowest BCUT2D eigenvalue weighted by Gasteiger charge is -2.45. The van der Waals surface area contributed by atoms with Crippen LogP contribution in [0.25, 0.3) is 33.0 Å². The summed E-state index contributed by atoms with van der Waals surface area (Å²) in [5, 5.41) is 2.44. The highest BCUT2D eigenvalue weighted by molar-refractivity contribution is 6.07. The fraction of sp³-hybridized carbons (Fsp3) is 0.0189. The average molecular weight is 701 g/mol. The largest absolute Gasteiger partial charge is 0.310 e. The third kappa shape index (κ3) is 4.62. The maximum Gasteiger partial charge on any atom is 0.0754 e. The van der Waals surface area contributed by atoms with Crippen molar-refractivity contribution in [3.05, 3.63) is 241 Å². The summed E-state index contributed by atoms with van der Waals surface area (Å²) in [6.07, 6.45) is 0. The topological polar surface area (TPSA) is 6.48 Å². The predicted molar refractivity (Wildman–Crippen MR) is 230 cm³/mol. The highest BCUT2D eigenvalue weighted by atomic mass is 15.2. The van der Waals surface area contributed by atoms with Gasteiger partial charge in [0.15, 0.2) is 0 Å². The van der Waals surface area contributed by atoms with E-state index < -0.39 is 5.41 Å². The van der Waals surface area contributed by atoms with Gasteiger partial charge in [0, 0.05) is 22.4 Å². The second-order valence-electron chi connectivity index (χ2n) is 14.4. The van der Waals surface area contributed by atoms with Crippen LogP contribution in [0.2, 0.25) is 0 Å². The van der Waals surface area contributed by atoms with E-state index >= 15 is 0 Å². The second kappa shape index (κ2) is 12.5. The Morgan fingerprint density at radius 1 is 0.345 bits per heavy atom. The van der Waals surface area contributed by atoms with Crippen LogP contribution in [-0.4, -0.2) is 0 Å². The van der Waals surface area contributed by atoms with Gasteiger partial charge >= 0.3 is 0 Å². The van der Waals surface area contributed by atoms with E-state index in [0.29, 0.717) is 0 Å². The van der Waals surface area contributed by atoms with Gasteiger partial charge in [-0.3, -0.25) is 0 Å². The number of nitrogens with zero attached hydrogens (tertiary/aromatic N) is 2. The maximum atomic E-state index is 2.45. The van der Waals surface area contributed by atoms with Crippen LogP contribution in [0.1, 0.15) is 22.3 Å². The lowest BCUT2D eigenvalue weighted by atomic mass is 9.64. The van der Waals surface area contributed by atoms with Crippen molar-refractivity contribution in [1.82, 2.24) is 0 Å². The summed E-state index contributed by atoms with van der Waals surface area (Å²) in [4.78, 5) is 4.80. The molecular formula is C53H36N2. The minimum Gasteiger partial charge on any atom is -0.310 e. The Bertz CT molecular complexity index is 2790. The summed E-state index contributed by atoms with van der Waals surface area (Å²) in [6, 6.07) is 79.9. The third-order valence-electron chi connectivity index (χ3n) is 11.6. The van der Waals surface area contributed by atoms with E-state index in [2.05, 4.69) is 228 Å².